The van der Waals surface area contributed by atoms with Gasteiger partial charge in [-0.15, -0.1) is 22.7 Å². The zero-order valence-corrected chi connectivity index (χ0v) is 18.4. The Morgan fingerprint density at radius 2 is 1.79 bits per heavy atom. The van der Waals surface area contributed by atoms with Crippen LogP contribution < -0.4 is 0 Å². The molecular formula is C22H22N4OS2. The summed E-state index contributed by atoms with van der Waals surface area (Å²) in [7, 11) is 0. The van der Waals surface area contributed by atoms with Gasteiger partial charge in [-0.25, -0.2) is 15.0 Å². The second kappa shape index (κ2) is 7.15. The highest BCUT2D eigenvalue weighted by Crippen LogP contribution is 2.36. The quantitative estimate of drug-likeness (QED) is 0.443. The van der Waals surface area contributed by atoms with Crippen LogP contribution in [-0.2, 0) is 0 Å². The molecule has 1 fully saturated rings. The van der Waals surface area contributed by atoms with Crippen molar-refractivity contribution < 1.29 is 4.79 Å². The molecule has 29 heavy (non-hydrogen) atoms. The number of para-hydroxylation sites is 1. The van der Waals surface area contributed by atoms with Crippen molar-refractivity contribution in [2.75, 3.05) is 13.1 Å². The minimum absolute atomic E-state index is 0.130. The summed E-state index contributed by atoms with van der Waals surface area (Å²) in [5, 5.41) is 2.24. The molecule has 0 N–H and O–H groups in total. The van der Waals surface area contributed by atoms with Crippen LogP contribution in [0.2, 0.25) is 0 Å². The van der Waals surface area contributed by atoms with E-state index < -0.39 is 0 Å². The molecule has 5 nitrogen and oxygen atoms in total. The third kappa shape index (κ3) is 3.22. The van der Waals surface area contributed by atoms with Crippen molar-refractivity contribution >= 4 is 49.0 Å². The zero-order chi connectivity index (χ0) is 20.1. The van der Waals surface area contributed by atoms with Gasteiger partial charge in [0.15, 0.2) is 0 Å². The number of hydrogen-bond acceptors (Lipinski definition) is 6. The van der Waals surface area contributed by atoms with Crippen molar-refractivity contribution in [3.8, 4) is 0 Å². The van der Waals surface area contributed by atoms with E-state index in [1.807, 2.05) is 31.7 Å². The smallest absolute Gasteiger partial charge is 0.264 e. The van der Waals surface area contributed by atoms with Crippen LogP contribution in [0.25, 0.3) is 20.4 Å². The fourth-order valence-corrected chi connectivity index (χ4v) is 6.60. The maximum atomic E-state index is 13.2. The van der Waals surface area contributed by atoms with Crippen LogP contribution in [0.4, 0.5) is 0 Å². The highest BCUT2D eigenvalue weighted by atomic mass is 32.1. The van der Waals surface area contributed by atoms with Crippen LogP contribution in [0.3, 0.4) is 0 Å². The minimum atomic E-state index is 0.130. The van der Waals surface area contributed by atoms with Crippen molar-refractivity contribution in [2.24, 2.45) is 0 Å². The van der Waals surface area contributed by atoms with E-state index in [1.54, 1.807) is 11.3 Å². The molecule has 1 aromatic carbocycles. The molecule has 0 aliphatic carbocycles. The molecule has 1 aliphatic heterocycles. The molecule has 0 bridgehead atoms. The standard InChI is InChI=1S/C22H22N4OS2/c1-12-18-13(2)23-14(3)24-21(18)29-19(12)22(27)26-10-8-15(9-11-26)20-25-16-6-4-5-7-17(16)28-20/h4-7,15H,8-11H2,1-3H3. The normalized spacial score (nSPS) is 15.5. The number of aromatic nitrogens is 3. The van der Waals surface area contributed by atoms with Crippen LogP contribution in [0.5, 0.6) is 0 Å². The Labute approximate surface area is 177 Å². The lowest BCUT2D eigenvalue weighted by Gasteiger charge is -2.31. The summed E-state index contributed by atoms with van der Waals surface area (Å²) < 4.78 is 1.24. The van der Waals surface area contributed by atoms with E-state index in [0.29, 0.717) is 5.92 Å². The summed E-state index contributed by atoms with van der Waals surface area (Å²) in [6.45, 7) is 7.46. The number of fused-ring (bicyclic) bond motifs is 2. The van der Waals surface area contributed by atoms with Crippen molar-refractivity contribution in [3.63, 3.8) is 0 Å². The number of thiophene rings is 1. The maximum absolute atomic E-state index is 13.2. The van der Waals surface area contributed by atoms with Crippen molar-refractivity contribution in [2.45, 2.75) is 39.5 Å². The van der Waals surface area contributed by atoms with Gasteiger partial charge >= 0.3 is 0 Å². The van der Waals surface area contributed by atoms with Gasteiger partial charge in [-0.2, -0.15) is 0 Å². The maximum Gasteiger partial charge on any atom is 0.264 e. The first-order chi connectivity index (χ1) is 14.0. The van der Waals surface area contributed by atoms with E-state index >= 15 is 0 Å². The van der Waals surface area contributed by atoms with Gasteiger partial charge in [0, 0.05) is 30.1 Å². The number of likely N-dealkylation sites (tertiary alicyclic amines) is 1. The van der Waals surface area contributed by atoms with Crippen molar-refractivity contribution in [1.29, 1.82) is 0 Å². The molecule has 0 atom stereocenters. The number of carbonyl (C=O) groups excluding carboxylic acids is 1. The van der Waals surface area contributed by atoms with Gasteiger partial charge in [0.05, 0.1) is 20.1 Å². The Kier molecular flexibility index (Phi) is 4.59. The monoisotopic (exact) mass is 422 g/mol. The van der Waals surface area contributed by atoms with E-state index in [2.05, 4.69) is 28.2 Å². The van der Waals surface area contributed by atoms with Gasteiger partial charge in [0.25, 0.3) is 5.91 Å². The van der Waals surface area contributed by atoms with E-state index in [1.165, 1.54) is 21.0 Å². The molecule has 3 aromatic heterocycles. The molecule has 4 aromatic rings. The van der Waals surface area contributed by atoms with Crippen LogP contribution in [0.15, 0.2) is 24.3 Å². The van der Waals surface area contributed by atoms with Crippen LogP contribution >= 0.6 is 22.7 Å². The summed E-state index contributed by atoms with van der Waals surface area (Å²) in [6.07, 6.45) is 1.93. The molecule has 1 saturated heterocycles. The van der Waals surface area contributed by atoms with Gasteiger partial charge in [-0.05, 0) is 51.3 Å². The van der Waals surface area contributed by atoms with Gasteiger partial charge in [0.2, 0.25) is 0 Å². The Bertz CT molecular complexity index is 1200. The number of rotatable bonds is 2. The van der Waals surface area contributed by atoms with E-state index in [9.17, 15) is 4.79 Å². The predicted molar refractivity (Wildman–Crippen MR) is 119 cm³/mol. The van der Waals surface area contributed by atoms with Gasteiger partial charge < -0.3 is 4.90 Å². The predicted octanol–water partition coefficient (Wildman–Crippen LogP) is 5.25. The third-order valence-electron chi connectivity index (χ3n) is 5.72. The summed E-state index contributed by atoms with van der Waals surface area (Å²) in [6, 6.07) is 8.30. The van der Waals surface area contributed by atoms with E-state index in [4.69, 9.17) is 4.98 Å². The summed E-state index contributed by atoms with van der Waals surface area (Å²) >= 11 is 3.29. The number of piperidine rings is 1. The number of nitrogens with zero attached hydrogens (tertiary/aromatic N) is 4. The second-order valence-electron chi connectivity index (χ2n) is 7.68. The lowest BCUT2D eigenvalue weighted by Crippen LogP contribution is -2.37. The fraction of sp³-hybridized carbons (Fsp3) is 0.364. The highest BCUT2D eigenvalue weighted by molar-refractivity contribution is 7.20. The van der Waals surface area contributed by atoms with E-state index in [-0.39, 0.29) is 5.91 Å². The molecule has 0 spiro atoms. The number of benzene rings is 1. The average Bonchev–Trinajstić information content (AvgIpc) is 3.29. The van der Waals surface area contributed by atoms with Gasteiger partial charge in [-0.3, -0.25) is 4.79 Å². The molecule has 0 saturated carbocycles. The third-order valence-corrected chi connectivity index (χ3v) is 8.09. The second-order valence-corrected chi connectivity index (χ2v) is 9.74. The number of aryl methyl sites for hydroxylation is 3. The topological polar surface area (TPSA) is 59.0 Å². The van der Waals surface area contributed by atoms with Gasteiger partial charge in [-0.1, -0.05) is 12.1 Å². The number of carbonyl (C=O) groups is 1. The molecular weight excluding hydrogens is 400 g/mol. The fourth-order valence-electron chi connectivity index (χ4n) is 4.22. The molecule has 0 radical (unpaired) electrons. The van der Waals surface area contributed by atoms with E-state index in [0.717, 1.165) is 63.6 Å². The molecule has 0 unspecified atom stereocenters. The SMILES string of the molecule is Cc1nc(C)c2c(C)c(C(=O)N3CCC(c4nc5ccccc5s4)CC3)sc2n1. The Morgan fingerprint density at radius 3 is 2.55 bits per heavy atom. The first-order valence-electron chi connectivity index (χ1n) is 9.90. The van der Waals surface area contributed by atoms with Crippen molar-refractivity contribution in [1.82, 2.24) is 19.9 Å². The molecule has 5 rings (SSSR count). The van der Waals surface area contributed by atoms with Gasteiger partial charge in [0.1, 0.15) is 10.7 Å². The largest absolute Gasteiger partial charge is 0.338 e. The Morgan fingerprint density at radius 1 is 1.03 bits per heavy atom. The molecule has 148 valence electrons. The summed E-state index contributed by atoms with van der Waals surface area (Å²) in [5.41, 5.74) is 3.05. The number of thiazole rings is 1. The first kappa shape index (κ1) is 18.6. The number of amides is 1. The molecule has 1 amide bonds. The lowest BCUT2D eigenvalue weighted by molar-refractivity contribution is 0.0717. The molecule has 4 heterocycles. The van der Waals surface area contributed by atoms with Crippen LogP contribution in [-0.4, -0.2) is 38.8 Å². The first-order valence-corrected chi connectivity index (χ1v) is 11.5. The average molecular weight is 423 g/mol. The molecule has 1 aliphatic rings. The van der Waals surface area contributed by atoms with Crippen LogP contribution in [0.1, 0.15) is 50.5 Å². The summed E-state index contributed by atoms with van der Waals surface area (Å²) in [4.78, 5) is 30.8. The highest BCUT2D eigenvalue weighted by Gasteiger charge is 2.29. The Balaban J connectivity index is 1.35. The Hall–Kier alpha value is -2.38. The minimum Gasteiger partial charge on any atom is -0.338 e. The molecule has 7 heteroatoms. The van der Waals surface area contributed by atoms with Crippen molar-refractivity contribution in [3.05, 3.63) is 51.2 Å². The zero-order valence-electron chi connectivity index (χ0n) is 16.7. The number of hydrogen-bond donors (Lipinski definition) is 0. The lowest BCUT2D eigenvalue weighted by atomic mass is 9.97. The van der Waals surface area contributed by atoms with Crippen LogP contribution in [0, 0.1) is 20.8 Å². The summed E-state index contributed by atoms with van der Waals surface area (Å²) in [5.74, 6) is 1.33.